The molecule has 2 aromatic rings. The average Bonchev–Trinajstić information content (AvgIpc) is 2.35. The minimum atomic E-state index is -3.21. The largest absolute Gasteiger partial charge is 0.455 e. The molecule has 0 saturated carbocycles. The molecule has 0 saturated heterocycles. The van der Waals surface area contributed by atoms with Crippen molar-refractivity contribution in [2.75, 3.05) is 12.0 Å². The van der Waals surface area contributed by atoms with Crippen molar-refractivity contribution in [2.24, 2.45) is 0 Å². The molecular formula is C14H14BNO3S. The van der Waals surface area contributed by atoms with Crippen molar-refractivity contribution in [3.63, 3.8) is 0 Å². The highest BCUT2D eigenvalue weighted by Gasteiger charge is 2.09. The highest BCUT2D eigenvalue weighted by Crippen LogP contribution is 2.29. The second-order valence-electron chi connectivity index (χ2n) is 4.60. The van der Waals surface area contributed by atoms with Crippen LogP contribution in [-0.4, -0.2) is 22.5 Å². The van der Waals surface area contributed by atoms with E-state index in [-0.39, 0.29) is 4.90 Å². The van der Waals surface area contributed by atoms with E-state index in [2.05, 4.69) is 0 Å². The van der Waals surface area contributed by atoms with Crippen molar-refractivity contribution in [1.29, 1.82) is 0 Å². The standard InChI is InChI=1S/C14H14BNO3S/c1-9-7-10(15)8-13(14(9)16)19-11-3-5-12(6-4-11)20(2,17)18/h3-8H,16H2,1-2H3. The van der Waals surface area contributed by atoms with Gasteiger partial charge in [-0.25, -0.2) is 8.42 Å². The molecule has 0 aromatic heterocycles. The Labute approximate surface area is 119 Å². The number of nitrogens with two attached hydrogens (primary N) is 1. The molecule has 0 aliphatic heterocycles. The van der Waals surface area contributed by atoms with Gasteiger partial charge in [-0.1, -0.05) is 11.5 Å². The SMILES string of the molecule is [B]c1cc(C)c(N)c(Oc2ccc(S(C)(=O)=O)cc2)c1. The lowest BCUT2D eigenvalue weighted by molar-refractivity contribution is 0.484. The molecule has 102 valence electrons. The molecular weight excluding hydrogens is 273 g/mol. The van der Waals surface area contributed by atoms with Gasteiger partial charge in [0.2, 0.25) is 0 Å². The van der Waals surface area contributed by atoms with E-state index in [1.165, 1.54) is 12.1 Å². The summed E-state index contributed by atoms with van der Waals surface area (Å²) in [6.07, 6.45) is 1.15. The number of anilines is 1. The first-order chi connectivity index (χ1) is 9.27. The van der Waals surface area contributed by atoms with E-state index in [1.807, 2.05) is 6.92 Å². The summed E-state index contributed by atoms with van der Waals surface area (Å²) >= 11 is 0. The Kier molecular flexibility index (Phi) is 3.77. The van der Waals surface area contributed by atoms with Crippen molar-refractivity contribution < 1.29 is 13.2 Å². The molecule has 0 aliphatic rings. The van der Waals surface area contributed by atoms with E-state index in [9.17, 15) is 8.42 Å². The van der Waals surface area contributed by atoms with E-state index in [0.29, 0.717) is 22.6 Å². The Hall–Kier alpha value is -1.95. The van der Waals surface area contributed by atoms with E-state index < -0.39 is 9.84 Å². The van der Waals surface area contributed by atoms with Gasteiger partial charge in [0.05, 0.1) is 10.6 Å². The lowest BCUT2D eigenvalue weighted by atomic mass is 9.93. The van der Waals surface area contributed by atoms with Crippen molar-refractivity contribution >= 4 is 28.8 Å². The first-order valence-electron chi connectivity index (χ1n) is 5.91. The van der Waals surface area contributed by atoms with Gasteiger partial charge in [-0.3, -0.25) is 0 Å². The van der Waals surface area contributed by atoms with E-state index >= 15 is 0 Å². The Morgan fingerprint density at radius 3 is 2.30 bits per heavy atom. The molecule has 0 atom stereocenters. The summed E-state index contributed by atoms with van der Waals surface area (Å²) in [6, 6.07) is 9.52. The molecule has 0 aliphatic carbocycles. The highest BCUT2D eigenvalue weighted by molar-refractivity contribution is 7.90. The van der Waals surface area contributed by atoms with Gasteiger partial charge in [-0.05, 0) is 42.8 Å². The summed E-state index contributed by atoms with van der Waals surface area (Å²) in [4.78, 5) is 0.238. The van der Waals surface area contributed by atoms with Crippen LogP contribution in [0.25, 0.3) is 0 Å². The molecule has 0 fully saturated rings. The maximum absolute atomic E-state index is 11.4. The number of benzene rings is 2. The quantitative estimate of drug-likeness (QED) is 0.687. The zero-order valence-corrected chi connectivity index (χ0v) is 12.1. The Bertz CT molecular complexity index is 740. The topological polar surface area (TPSA) is 69.4 Å². The molecule has 0 spiro atoms. The summed E-state index contributed by atoms with van der Waals surface area (Å²) in [6.45, 7) is 1.84. The second kappa shape index (κ2) is 5.21. The number of hydrogen-bond acceptors (Lipinski definition) is 4. The van der Waals surface area contributed by atoms with E-state index in [4.69, 9.17) is 18.3 Å². The third kappa shape index (κ3) is 3.14. The van der Waals surface area contributed by atoms with E-state index in [0.717, 1.165) is 11.8 Å². The van der Waals surface area contributed by atoms with Gasteiger partial charge in [0.15, 0.2) is 9.84 Å². The van der Waals surface area contributed by atoms with Crippen LogP contribution in [0.5, 0.6) is 11.5 Å². The predicted molar refractivity (Wildman–Crippen MR) is 80.6 cm³/mol. The summed E-state index contributed by atoms with van der Waals surface area (Å²) < 4.78 is 28.4. The minimum absolute atomic E-state index is 0.238. The summed E-state index contributed by atoms with van der Waals surface area (Å²) in [7, 11) is 2.53. The summed E-state index contributed by atoms with van der Waals surface area (Å²) in [5.74, 6) is 0.948. The van der Waals surface area contributed by atoms with Gasteiger partial charge in [0, 0.05) is 6.26 Å². The van der Waals surface area contributed by atoms with Crippen molar-refractivity contribution in [3.8, 4) is 11.5 Å². The number of aryl methyl sites for hydroxylation is 1. The van der Waals surface area contributed by atoms with Gasteiger partial charge >= 0.3 is 0 Å². The second-order valence-corrected chi connectivity index (χ2v) is 6.61. The maximum Gasteiger partial charge on any atom is 0.175 e. The smallest absolute Gasteiger partial charge is 0.175 e. The fourth-order valence-corrected chi connectivity index (χ4v) is 2.39. The normalized spacial score (nSPS) is 11.3. The third-order valence-corrected chi connectivity index (χ3v) is 3.98. The van der Waals surface area contributed by atoms with E-state index in [1.54, 1.807) is 24.3 Å². The molecule has 2 aromatic carbocycles. The first kappa shape index (κ1) is 14.5. The molecule has 0 bridgehead atoms. The highest BCUT2D eigenvalue weighted by atomic mass is 32.2. The molecule has 2 N–H and O–H groups in total. The van der Waals surface area contributed by atoms with Crippen LogP contribution in [0, 0.1) is 6.92 Å². The molecule has 20 heavy (non-hydrogen) atoms. The zero-order valence-electron chi connectivity index (χ0n) is 11.3. The molecule has 2 radical (unpaired) electrons. The van der Waals surface area contributed by atoms with Crippen molar-refractivity contribution in [1.82, 2.24) is 0 Å². The van der Waals surface area contributed by atoms with Gasteiger partial charge in [0.25, 0.3) is 0 Å². The monoisotopic (exact) mass is 287 g/mol. The zero-order chi connectivity index (χ0) is 14.9. The number of sulfone groups is 1. The van der Waals surface area contributed by atoms with Crippen LogP contribution in [0.15, 0.2) is 41.3 Å². The van der Waals surface area contributed by atoms with Crippen LogP contribution < -0.4 is 15.9 Å². The number of hydrogen-bond donors (Lipinski definition) is 1. The predicted octanol–water partition coefficient (Wildman–Crippen LogP) is 1.57. The van der Waals surface area contributed by atoms with Gasteiger partial charge in [0.1, 0.15) is 19.3 Å². The minimum Gasteiger partial charge on any atom is -0.455 e. The maximum atomic E-state index is 11.4. The average molecular weight is 287 g/mol. The Morgan fingerprint density at radius 1 is 1.15 bits per heavy atom. The van der Waals surface area contributed by atoms with Crippen molar-refractivity contribution in [3.05, 3.63) is 42.0 Å². The lowest BCUT2D eigenvalue weighted by Gasteiger charge is -2.12. The molecule has 2 rings (SSSR count). The Balaban J connectivity index is 2.32. The van der Waals surface area contributed by atoms with Crippen LogP contribution in [0.1, 0.15) is 5.56 Å². The molecule has 6 heteroatoms. The Morgan fingerprint density at radius 2 is 1.75 bits per heavy atom. The van der Waals surface area contributed by atoms with Crippen LogP contribution in [-0.2, 0) is 9.84 Å². The summed E-state index contributed by atoms with van der Waals surface area (Å²) in [5, 5.41) is 0. The summed E-state index contributed by atoms with van der Waals surface area (Å²) in [5.41, 5.74) is 7.81. The van der Waals surface area contributed by atoms with Crippen LogP contribution in [0.3, 0.4) is 0 Å². The molecule has 4 nitrogen and oxygen atoms in total. The van der Waals surface area contributed by atoms with Crippen LogP contribution in [0.4, 0.5) is 5.69 Å². The third-order valence-electron chi connectivity index (χ3n) is 2.85. The first-order valence-corrected chi connectivity index (χ1v) is 7.80. The fourth-order valence-electron chi connectivity index (χ4n) is 1.76. The molecule has 0 heterocycles. The number of rotatable bonds is 3. The molecule has 0 unspecified atom stereocenters. The number of ether oxygens (including phenoxy) is 1. The fraction of sp³-hybridized carbons (Fsp3) is 0.143. The van der Waals surface area contributed by atoms with Crippen LogP contribution in [0.2, 0.25) is 0 Å². The van der Waals surface area contributed by atoms with Crippen molar-refractivity contribution in [2.45, 2.75) is 11.8 Å². The van der Waals surface area contributed by atoms with Gasteiger partial charge in [-0.15, -0.1) is 0 Å². The number of nitrogen functional groups attached to an aromatic ring is 1. The van der Waals surface area contributed by atoms with Gasteiger partial charge in [-0.2, -0.15) is 0 Å². The van der Waals surface area contributed by atoms with Gasteiger partial charge < -0.3 is 10.5 Å². The lowest BCUT2D eigenvalue weighted by Crippen LogP contribution is -2.06. The molecule has 0 amide bonds. The van der Waals surface area contributed by atoms with Crippen LogP contribution >= 0.6 is 0 Å².